The third kappa shape index (κ3) is 4.86. The van der Waals surface area contributed by atoms with Crippen molar-refractivity contribution in [3.05, 3.63) is 164 Å². The minimum Gasteiger partial charge on any atom is -0.265 e. The van der Waals surface area contributed by atoms with Gasteiger partial charge in [0.25, 0.3) is 0 Å². The zero-order chi connectivity index (χ0) is 31.9. The van der Waals surface area contributed by atoms with Crippen LogP contribution in [0.25, 0.3) is 88.7 Å². The molecule has 0 saturated carbocycles. The van der Waals surface area contributed by atoms with Crippen molar-refractivity contribution in [1.82, 2.24) is 24.9 Å². The smallest absolute Gasteiger partial charge is 0.164 e. The molecule has 0 saturated heterocycles. The first-order valence-electron chi connectivity index (χ1n) is 15.9. The second kappa shape index (κ2) is 11.6. The first-order valence-corrected chi connectivity index (χ1v) is 15.9. The van der Waals surface area contributed by atoms with E-state index in [1.54, 1.807) is 24.8 Å². The molecule has 9 rings (SSSR count). The normalized spacial score (nSPS) is 11.3. The van der Waals surface area contributed by atoms with Crippen LogP contribution in [0.5, 0.6) is 0 Å². The zero-order valence-corrected chi connectivity index (χ0v) is 25.8. The van der Waals surface area contributed by atoms with Crippen molar-refractivity contribution in [3.8, 4) is 56.4 Å². The minimum absolute atomic E-state index is 0.592. The Kier molecular flexibility index (Phi) is 6.72. The number of hydrogen-bond acceptors (Lipinski definition) is 5. The van der Waals surface area contributed by atoms with Crippen LogP contribution in [0.2, 0.25) is 0 Å². The molecule has 3 aromatic heterocycles. The maximum atomic E-state index is 5.01. The molecule has 9 aromatic rings. The molecule has 5 nitrogen and oxygen atoms in total. The van der Waals surface area contributed by atoms with Gasteiger partial charge in [-0.1, -0.05) is 103 Å². The summed E-state index contributed by atoms with van der Waals surface area (Å²) in [6.07, 6.45) is 7.02. The zero-order valence-electron chi connectivity index (χ0n) is 25.8. The third-order valence-corrected chi connectivity index (χ3v) is 8.94. The maximum Gasteiger partial charge on any atom is 0.164 e. The van der Waals surface area contributed by atoms with Crippen molar-refractivity contribution < 1.29 is 0 Å². The van der Waals surface area contributed by atoms with Crippen LogP contribution in [-0.4, -0.2) is 24.9 Å². The van der Waals surface area contributed by atoms with Crippen LogP contribution in [0.15, 0.2) is 164 Å². The topological polar surface area (TPSA) is 64.5 Å². The summed E-state index contributed by atoms with van der Waals surface area (Å²) in [4.78, 5) is 23.2. The van der Waals surface area contributed by atoms with Crippen LogP contribution in [0.1, 0.15) is 0 Å². The Bertz CT molecular complexity index is 2520. The number of hydrogen-bond donors (Lipinski definition) is 0. The number of nitrogens with zero attached hydrogens (tertiary/aromatic N) is 5. The van der Waals surface area contributed by atoms with Gasteiger partial charge in [0.15, 0.2) is 17.5 Å². The molecule has 0 amide bonds. The molecule has 0 N–H and O–H groups in total. The highest BCUT2D eigenvalue weighted by Crippen LogP contribution is 2.40. The van der Waals surface area contributed by atoms with Gasteiger partial charge in [-0.3, -0.25) is 9.97 Å². The fraction of sp³-hybridized carbons (Fsp3) is 0. The Morgan fingerprint density at radius 1 is 0.271 bits per heavy atom. The van der Waals surface area contributed by atoms with Crippen molar-refractivity contribution in [3.63, 3.8) is 0 Å². The Morgan fingerprint density at radius 2 is 0.729 bits per heavy atom. The number of aromatic nitrogens is 5. The molecule has 0 aliphatic rings. The van der Waals surface area contributed by atoms with E-state index in [9.17, 15) is 0 Å². The van der Waals surface area contributed by atoms with Gasteiger partial charge < -0.3 is 0 Å². The Hall–Kier alpha value is -6.59. The Labute approximate surface area is 277 Å². The van der Waals surface area contributed by atoms with E-state index in [-0.39, 0.29) is 0 Å². The molecule has 48 heavy (non-hydrogen) atoms. The minimum atomic E-state index is 0.592. The van der Waals surface area contributed by atoms with E-state index in [2.05, 4.69) is 119 Å². The monoisotopic (exact) mass is 613 g/mol. The van der Waals surface area contributed by atoms with Gasteiger partial charge in [0.1, 0.15) is 0 Å². The van der Waals surface area contributed by atoms with E-state index >= 15 is 0 Å². The second-order valence-electron chi connectivity index (χ2n) is 11.8. The van der Waals surface area contributed by atoms with Gasteiger partial charge in [-0.15, -0.1) is 0 Å². The van der Waals surface area contributed by atoms with Crippen molar-refractivity contribution in [2.45, 2.75) is 0 Å². The van der Waals surface area contributed by atoms with Crippen LogP contribution >= 0.6 is 0 Å². The summed E-state index contributed by atoms with van der Waals surface area (Å²) in [6.45, 7) is 0. The Balaban J connectivity index is 1.24. The molecule has 0 bridgehead atoms. The molecule has 3 heterocycles. The maximum absolute atomic E-state index is 5.01. The fourth-order valence-corrected chi connectivity index (χ4v) is 6.62. The second-order valence-corrected chi connectivity index (χ2v) is 11.8. The lowest BCUT2D eigenvalue weighted by Crippen LogP contribution is -2.01. The van der Waals surface area contributed by atoms with Gasteiger partial charge in [0.05, 0.1) is 0 Å². The number of rotatable bonds is 5. The van der Waals surface area contributed by atoms with E-state index < -0.39 is 0 Å². The van der Waals surface area contributed by atoms with E-state index in [0.717, 1.165) is 27.8 Å². The van der Waals surface area contributed by atoms with Crippen LogP contribution in [0.4, 0.5) is 0 Å². The molecule has 0 radical (unpaired) electrons. The van der Waals surface area contributed by atoms with E-state index in [1.165, 1.54) is 43.4 Å². The first-order chi connectivity index (χ1) is 23.8. The summed E-state index contributed by atoms with van der Waals surface area (Å²) in [6, 6.07) is 48.9. The molecule has 0 aliphatic heterocycles. The van der Waals surface area contributed by atoms with Crippen LogP contribution in [0, 0.1) is 0 Å². The molecule has 0 atom stereocenters. The van der Waals surface area contributed by atoms with Gasteiger partial charge in [-0.05, 0) is 91.0 Å². The average Bonchev–Trinajstić information content (AvgIpc) is 3.18. The van der Waals surface area contributed by atoms with Crippen LogP contribution in [-0.2, 0) is 0 Å². The van der Waals surface area contributed by atoms with Crippen molar-refractivity contribution in [2.24, 2.45) is 0 Å². The number of benzene rings is 6. The summed E-state index contributed by atoms with van der Waals surface area (Å²) in [5, 5.41) is 7.40. The summed E-state index contributed by atoms with van der Waals surface area (Å²) in [5.41, 5.74) is 7.26. The third-order valence-electron chi connectivity index (χ3n) is 8.94. The molecule has 5 heteroatoms. The van der Waals surface area contributed by atoms with Crippen molar-refractivity contribution in [2.75, 3.05) is 0 Å². The molecule has 0 unspecified atom stereocenters. The highest BCUT2D eigenvalue weighted by Gasteiger charge is 2.17. The van der Waals surface area contributed by atoms with E-state index in [1.807, 2.05) is 30.3 Å². The highest BCUT2D eigenvalue weighted by atomic mass is 15.0. The standard InChI is InChI=1S/C43H27N5/c1-2-8-28(9-3-1)31-14-16-36-37-17-15-32(27-40(37)35-12-6-5-11-34(35)39(36)26-31)33-10-4-7-13-38(33)43-47-41(29-18-22-44-23-19-29)46-42(48-43)30-20-24-45-25-21-30/h1-27H. The van der Waals surface area contributed by atoms with Crippen LogP contribution in [0.3, 0.4) is 0 Å². The lowest BCUT2D eigenvalue weighted by atomic mass is 9.89. The van der Waals surface area contributed by atoms with E-state index in [4.69, 9.17) is 15.0 Å². The predicted molar refractivity (Wildman–Crippen MR) is 195 cm³/mol. The number of pyridine rings is 2. The molecular formula is C43H27N5. The summed E-state index contributed by atoms with van der Waals surface area (Å²) >= 11 is 0. The van der Waals surface area contributed by atoms with Gasteiger partial charge in [0, 0.05) is 41.5 Å². The molecular weight excluding hydrogens is 587 g/mol. The van der Waals surface area contributed by atoms with Crippen molar-refractivity contribution >= 4 is 32.3 Å². The van der Waals surface area contributed by atoms with Gasteiger partial charge in [-0.2, -0.15) is 0 Å². The largest absolute Gasteiger partial charge is 0.265 e. The van der Waals surface area contributed by atoms with Gasteiger partial charge in [-0.25, -0.2) is 15.0 Å². The quantitative estimate of drug-likeness (QED) is 0.181. The van der Waals surface area contributed by atoms with Gasteiger partial charge in [0.2, 0.25) is 0 Å². The molecule has 0 aliphatic carbocycles. The molecule has 6 aromatic carbocycles. The lowest BCUT2D eigenvalue weighted by molar-refractivity contribution is 1.07. The van der Waals surface area contributed by atoms with Crippen molar-refractivity contribution in [1.29, 1.82) is 0 Å². The molecule has 0 spiro atoms. The summed E-state index contributed by atoms with van der Waals surface area (Å²) in [5.74, 6) is 1.79. The fourth-order valence-electron chi connectivity index (χ4n) is 6.62. The molecule has 224 valence electrons. The van der Waals surface area contributed by atoms with E-state index in [0.29, 0.717) is 17.5 Å². The predicted octanol–water partition coefficient (Wildman–Crippen LogP) is 10.5. The average molecular weight is 614 g/mol. The lowest BCUT2D eigenvalue weighted by Gasteiger charge is -2.15. The summed E-state index contributed by atoms with van der Waals surface area (Å²) in [7, 11) is 0. The SMILES string of the molecule is c1ccc(-c2ccc3c4ccc(-c5ccccc5-c5nc(-c6ccncc6)nc(-c6ccncc6)n5)cc4c4ccccc4c3c2)cc1. The van der Waals surface area contributed by atoms with Gasteiger partial charge >= 0.3 is 0 Å². The highest BCUT2D eigenvalue weighted by molar-refractivity contribution is 6.26. The van der Waals surface area contributed by atoms with Crippen LogP contribution < -0.4 is 0 Å². The Morgan fingerprint density at radius 3 is 1.33 bits per heavy atom. The summed E-state index contributed by atoms with van der Waals surface area (Å²) < 4.78 is 0. The molecule has 0 fully saturated rings. The first kappa shape index (κ1) is 27.7. The number of fused-ring (bicyclic) bond motifs is 6.